The molecule has 0 bridgehead atoms. The van der Waals surface area contributed by atoms with Gasteiger partial charge in [-0.1, -0.05) is 40.5 Å². The van der Waals surface area contributed by atoms with Crippen LogP contribution in [0.15, 0.2) is 45.7 Å². The summed E-state index contributed by atoms with van der Waals surface area (Å²) in [5.74, 6) is -0.185. The van der Waals surface area contributed by atoms with E-state index in [1.807, 2.05) is 32.9 Å². The van der Waals surface area contributed by atoms with Crippen molar-refractivity contribution in [2.24, 2.45) is 0 Å². The van der Waals surface area contributed by atoms with Crippen molar-refractivity contribution in [3.8, 4) is 5.75 Å². The SMILES string of the molecule is Cc1cc(C)c(OCc2noc(=O)n2CC(=O)Nc2cccc(Cl)c2)c(C)c1. The van der Waals surface area contributed by atoms with Gasteiger partial charge < -0.3 is 10.1 Å². The number of aryl methyl sites for hydroxylation is 3. The van der Waals surface area contributed by atoms with E-state index in [4.69, 9.17) is 20.9 Å². The van der Waals surface area contributed by atoms with Gasteiger partial charge >= 0.3 is 5.76 Å². The van der Waals surface area contributed by atoms with Crippen LogP contribution >= 0.6 is 11.6 Å². The second-order valence-corrected chi connectivity index (χ2v) is 6.96. The summed E-state index contributed by atoms with van der Waals surface area (Å²) in [6.45, 7) is 5.66. The molecule has 0 atom stereocenters. The van der Waals surface area contributed by atoms with Crippen LogP contribution < -0.4 is 15.8 Å². The first kappa shape index (κ1) is 19.7. The fourth-order valence-corrected chi connectivity index (χ4v) is 3.19. The van der Waals surface area contributed by atoms with Gasteiger partial charge in [0.15, 0.2) is 5.82 Å². The molecule has 7 nitrogen and oxygen atoms in total. The Morgan fingerprint density at radius 2 is 1.93 bits per heavy atom. The third-order valence-electron chi connectivity index (χ3n) is 4.12. The molecule has 3 aromatic rings. The van der Waals surface area contributed by atoms with Crippen molar-refractivity contribution in [3.05, 3.63) is 74.5 Å². The minimum atomic E-state index is -0.725. The van der Waals surface area contributed by atoms with Crippen molar-refractivity contribution in [1.82, 2.24) is 9.72 Å². The Labute approximate surface area is 166 Å². The predicted molar refractivity (Wildman–Crippen MR) is 106 cm³/mol. The molecule has 3 rings (SSSR count). The van der Waals surface area contributed by atoms with Gasteiger partial charge in [0.2, 0.25) is 5.91 Å². The highest BCUT2D eigenvalue weighted by molar-refractivity contribution is 6.30. The van der Waals surface area contributed by atoms with Crippen LogP contribution in [0.4, 0.5) is 5.69 Å². The summed E-state index contributed by atoms with van der Waals surface area (Å²) in [5, 5.41) is 6.91. The van der Waals surface area contributed by atoms with Crippen molar-refractivity contribution in [3.63, 3.8) is 0 Å². The second-order valence-electron chi connectivity index (χ2n) is 6.53. The van der Waals surface area contributed by atoms with E-state index < -0.39 is 11.7 Å². The number of hydrogen-bond donors (Lipinski definition) is 1. The number of nitrogens with zero attached hydrogens (tertiary/aromatic N) is 2. The summed E-state index contributed by atoms with van der Waals surface area (Å²) in [6.07, 6.45) is 0. The van der Waals surface area contributed by atoms with Gasteiger partial charge in [-0.3, -0.25) is 9.32 Å². The van der Waals surface area contributed by atoms with Crippen molar-refractivity contribution in [1.29, 1.82) is 0 Å². The summed E-state index contributed by atoms with van der Waals surface area (Å²) >= 11 is 5.91. The molecule has 0 saturated carbocycles. The molecule has 0 saturated heterocycles. The van der Waals surface area contributed by atoms with Crippen molar-refractivity contribution >= 4 is 23.2 Å². The summed E-state index contributed by atoms with van der Waals surface area (Å²) in [6, 6.07) is 10.8. The van der Waals surface area contributed by atoms with E-state index >= 15 is 0 Å². The standard InChI is InChI=1S/C20H20ClN3O4/c1-12-7-13(2)19(14(3)8-12)27-11-17-23-28-20(26)24(17)10-18(25)22-16-6-4-5-15(21)9-16/h4-9H,10-11H2,1-3H3,(H,22,25). The Balaban J connectivity index is 1.72. The van der Waals surface area contributed by atoms with E-state index in [2.05, 4.69) is 10.5 Å². The minimum Gasteiger partial charge on any atom is -0.485 e. The van der Waals surface area contributed by atoms with E-state index in [0.717, 1.165) is 27.0 Å². The van der Waals surface area contributed by atoms with Crippen molar-refractivity contribution in [2.45, 2.75) is 33.9 Å². The van der Waals surface area contributed by atoms with Gasteiger partial charge in [-0.2, -0.15) is 0 Å². The summed E-state index contributed by atoms with van der Waals surface area (Å²) in [5.41, 5.74) is 3.63. The fourth-order valence-electron chi connectivity index (χ4n) is 3.00. The van der Waals surface area contributed by atoms with Crippen LogP contribution in [0.2, 0.25) is 5.02 Å². The molecule has 1 N–H and O–H groups in total. The number of ether oxygens (including phenoxy) is 1. The first-order valence-corrected chi connectivity index (χ1v) is 9.02. The number of anilines is 1. The number of rotatable bonds is 6. The Hall–Kier alpha value is -3.06. The third kappa shape index (κ3) is 4.61. The lowest BCUT2D eigenvalue weighted by Gasteiger charge is -2.13. The lowest BCUT2D eigenvalue weighted by Crippen LogP contribution is -2.27. The van der Waals surface area contributed by atoms with Crippen LogP contribution in [0, 0.1) is 20.8 Å². The topological polar surface area (TPSA) is 86.4 Å². The van der Waals surface area contributed by atoms with Crippen LogP contribution in [-0.4, -0.2) is 15.6 Å². The number of nitrogens with one attached hydrogen (secondary N) is 1. The fraction of sp³-hybridized carbons (Fsp3) is 0.250. The molecule has 146 valence electrons. The highest BCUT2D eigenvalue weighted by Crippen LogP contribution is 2.25. The number of amides is 1. The van der Waals surface area contributed by atoms with Crippen molar-refractivity contribution in [2.75, 3.05) is 5.32 Å². The number of benzene rings is 2. The molecule has 8 heteroatoms. The molecule has 0 aliphatic heterocycles. The molecule has 28 heavy (non-hydrogen) atoms. The lowest BCUT2D eigenvalue weighted by atomic mass is 10.1. The number of carbonyl (C=O) groups excluding carboxylic acids is 1. The van der Waals surface area contributed by atoms with Gasteiger partial charge in [0.25, 0.3) is 0 Å². The van der Waals surface area contributed by atoms with Gasteiger partial charge in [-0.15, -0.1) is 0 Å². The quantitative estimate of drug-likeness (QED) is 0.681. The van der Waals surface area contributed by atoms with Gasteiger partial charge in [0, 0.05) is 10.7 Å². The van der Waals surface area contributed by atoms with Crippen LogP contribution in [0.25, 0.3) is 0 Å². The monoisotopic (exact) mass is 401 g/mol. The van der Waals surface area contributed by atoms with E-state index in [9.17, 15) is 9.59 Å². The van der Waals surface area contributed by atoms with Crippen LogP contribution in [0.5, 0.6) is 5.75 Å². The van der Waals surface area contributed by atoms with E-state index in [-0.39, 0.29) is 19.0 Å². The van der Waals surface area contributed by atoms with Gasteiger partial charge in [0.05, 0.1) is 0 Å². The number of aromatic nitrogens is 2. The molecule has 2 aromatic carbocycles. The first-order chi connectivity index (χ1) is 13.3. The molecule has 0 unspecified atom stereocenters. The summed E-state index contributed by atoms with van der Waals surface area (Å²) in [4.78, 5) is 24.2. The van der Waals surface area contributed by atoms with Gasteiger partial charge in [-0.05, 0) is 50.1 Å². The zero-order valence-corrected chi connectivity index (χ0v) is 16.5. The smallest absolute Gasteiger partial charge is 0.442 e. The molecule has 0 radical (unpaired) electrons. The predicted octanol–water partition coefficient (Wildman–Crippen LogP) is 3.63. The maximum absolute atomic E-state index is 12.3. The third-order valence-corrected chi connectivity index (χ3v) is 4.36. The Morgan fingerprint density at radius 3 is 2.61 bits per heavy atom. The molecule has 0 aliphatic carbocycles. The van der Waals surface area contributed by atoms with E-state index in [0.29, 0.717) is 10.7 Å². The van der Waals surface area contributed by atoms with Gasteiger partial charge in [-0.25, -0.2) is 9.36 Å². The van der Waals surface area contributed by atoms with Crippen molar-refractivity contribution < 1.29 is 14.1 Å². The zero-order chi connectivity index (χ0) is 20.3. The minimum absolute atomic E-state index is 0.000919. The average Bonchev–Trinajstić information content (AvgIpc) is 2.94. The largest absolute Gasteiger partial charge is 0.485 e. The average molecular weight is 402 g/mol. The Morgan fingerprint density at radius 1 is 1.21 bits per heavy atom. The van der Waals surface area contributed by atoms with E-state index in [1.54, 1.807) is 24.3 Å². The Bertz CT molecular complexity index is 1050. The molecule has 0 fully saturated rings. The van der Waals surface area contributed by atoms with Crippen LogP contribution in [0.1, 0.15) is 22.5 Å². The molecular formula is C20H20ClN3O4. The maximum atomic E-state index is 12.3. The zero-order valence-electron chi connectivity index (χ0n) is 15.8. The number of halogens is 1. The van der Waals surface area contributed by atoms with Gasteiger partial charge in [0.1, 0.15) is 18.9 Å². The summed E-state index contributed by atoms with van der Waals surface area (Å²) in [7, 11) is 0. The molecular weight excluding hydrogens is 382 g/mol. The lowest BCUT2D eigenvalue weighted by molar-refractivity contribution is -0.116. The molecule has 1 aromatic heterocycles. The molecule has 0 spiro atoms. The highest BCUT2D eigenvalue weighted by Gasteiger charge is 2.16. The van der Waals surface area contributed by atoms with Crippen LogP contribution in [-0.2, 0) is 17.9 Å². The van der Waals surface area contributed by atoms with E-state index in [1.165, 1.54) is 0 Å². The second kappa shape index (κ2) is 8.31. The maximum Gasteiger partial charge on any atom is 0.442 e. The normalized spacial score (nSPS) is 10.7. The number of carbonyl (C=O) groups is 1. The molecule has 1 amide bonds. The Kier molecular flexibility index (Phi) is 5.84. The first-order valence-electron chi connectivity index (χ1n) is 8.65. The summed E-state index contributed by atoms with van der Waals surface area (Å²) < 4.78 is 11.7. The molecule has 1 heterocycles. The number of hydrogen-bond acceptors (Lipinski definition) is 5. The molecule has 0 aliphatic rings. The van der Waals surface area contributed by atoms with Crippen LogP contribution in [0.3, 0.4) is 0 Å². The highest BCUT2D eigenvalue weighted by atomic mass is 35.5.